The maximum absolute atomic E-state index is 9.41. The number of benzene rings is 1. The zero-order chi connectivity index (χ0) is 18.9. The molecule has 0 saturated heterocycles. The highest BCUT2D eigenvalue weighted by Crippen LogP contribution is 2.25. The van der Waals surface area contributed by atoms with Crippen LogP contribution in [0.4, 0.5) is 5.69 Å². The summed E-state index contributed by atoms with van der Waals surface area (Å²) in [5.41, 5.74) is 1.71. The number of nitriles is 1. The average Bonchev–Trinajstić information content (AvgIpc) is 2.66. The number of pyridine rings is 1. The van der Waals surface area contributed by atoms with E-state index in [1.54, 1.807) is 12.4 Å². The molecule has 0 aliphatic rings. The van der Waals surface area contributed by atoms with E-state index in [1.165, 1.54) is 0 Å². The Labute approximate surface area is 154 Å². The summed E-state index contributed by atoms with van der Waals surface area (Å²) >= 11 is 0. The van der Waals surface area contributed by atoms with E-state index < -0.39 is 0 Å². The summed E-state index contributed by atoms with van der Waals surface area (Å²) in [6, 6.07) is 13.3. The zero-order valence-electron chi connectivity index (χ0n) is 15.6. The van der Waals surface area contributed by atoms with E-state index in [0.717, 1.165) is 12.3 Å². The molecule has 0 aliphatic carbocycles. The molecule has 0 bridgehead atoms. The van der Waals surface area contributed by atoms with Gasteiger partial charge < -0.3 is 14.4 Å². The zero-order valence-corrected chi connectivity index (χ0v) is 15.6. The van der Waals surface area contributed by atoms with E-state index in [0.29, 0.717) is 29.4 Å². The lowest BCUT2D eigenvalue weighted by atomic mass is 10.2. The SMILES string of the molecule is CCN(C)/C=N/c1cc(C#N)c(OC(C)COc2ccccc2)nc1C. The molecule has 2 rings (SSSR count). The third-order valence-electron chi connectivity index (χ3n) is 3.71. The maximum Gasteiger partial charge on any atom is 0.232 e. The Balaban J connectivity index is 2.07. The lowest BCUT2D eigenvalue weighted by Gasteiger charge is -2.16. The van der Waals surface area contributed by atoms with Gasteiger partial charge in [0.25, 0.3) is 0 Å². The minimum Gasteiger partial charge on any atom is -0.490 e. The molecule has 136 valence electrons. The second kappa shape index (κ2) is 9.42. The molecule has 0 saturated carbocycles. The highest BCUT2D eigenvalue weighted by molar-refractivity contribution is 5.63. The molecule has 0 radical (unpaired) electrons. The van der Waals surface area contributed by atoms with Gasteiger partial charge in [-0.2, -0.15) is 5.26 Å². The lowest BCUT2D eigenvalue weighted by molar-refractivity contribution is 0.137. The number of aryl methyl sites for hydroxylation is 1. The first-order valence-electron chi connectivity index (χ1n) is 8.54. The van der Waals surface area contributed by atoms with Crippen molar-refractivity contribution in [2.45, 2.75) is 26.9 Å². The minimum atomic E-state index is -0.255. The molecule has 6 heteroatoms. The normalized spacial score (nSPS) is 11.8. The van der Waals surface area contributed by atoms with Gasteiger partial charge in [-0.15, -0.1) is 0 Å². The number of hydrogen-bond donors (Lipinski definition) is 0. The quantitative estimate of drug-likeness (QED) is 0.535. The fraction of sp³-hybridized carbons (Fsp3) is 0.350. The van der Waals surface area contributed by atoms with Crippen LogP contribution in [0.3, 0.4) is 0 Å². The monoisotopic (exact) mass is 352 g/mol. The number of ether oxygens (including phenoxy) is 2. The molecule has 1 aromatic heterocycles. The van der Waals surface area contributed by atoms with E-state index in [1.807, 2.05) is 63.1 Å². The Hall–Kier alpha value is -3.07. The molecule has 1 atom stereocenters. The molecule has 6 nitrogen and oxygen atoms in total. The van der Waals surface area contributed by atoms with E-state index in [2.05, 4.69) is 16.0 Å². The fourth-order valence-electron chi connectivity index (χ4n) is 2.07. The van der Waals surface area contributed by atoms with Crippen molar-refractivity contribution in [2.24, 2.45) is 4.99 Å². The molecule has 1 unspecified atom stereocenters. The molecular formula is C20H24N4O2. The largest absolute Gasteiger partial charge is 0.490 e. The highest BCUT2D eigenvalue weighted by Gasteiger charge is 2.14. The van der Waals surface area contributed by atoms with Gasteiger partial charge in [-0.3, -0.25) is 0 Å². The first-order chi connectivity index (χ1) is 12.5. The first-order valence-corrected chi connectivity index (χ1v) is 8.54. The Morgan fingerprint density at radius 3 is 2.73 bits per heavy atom. The summed E-state index contributed by atoms with van der Waals surface area (Å²) in [5.74, 6) is 1.08. The van der Waals surface area contributed by atoms with Crippen molar-refractivity contribution >= 4 is 12.0 Å². The van der Waals surface area contributed by atoms with Crippen LogP contribution < -0.4 is 9.47 Å². The standard InChI is InChI=1S/C20H24N4O2/c1-5-24(4)14-22-19-11-17(12-21)20(23-16(19)3)26-15(2)13-25-18-9-7-6-8-10-18/h6-11,14-15H,5,13H2,1-4H3/b22-14+. The van der Waals surface area contributed by atoms with E-state index in [-0.39, 0.29) is 6.10 Å². The van der Waals surface area contributed by atoms with Crippen molar-refractivity contribution < 1.29 is 9.47 Å². The number of hydrogen-bond acceptors (Lipinski definition) is 5. The highest BCUT2D eigenvalue weighted by atomic mass is 16.5. The van der Waals surface area contributed by atoms with E-state index >= 15 is 0 Å². The molecule has 2 aromatic rings. The molecular weight excluding hydrogens is 328 g/mol. The average molecular weight is 352 g/mol. The van der Waals surface area contributed by atoms with Crippen LogP contribution in [0.1, 0.15) is 25.1 Å². The van der Waals surface area contributed by atoms with Gasteiger partial charge in [-0.1, -0.05) is 18.2 Å². The predicted octanol–water partition coefficient (Wildman–Crippen LogP) is 3.72. The smallest absolute Gasteiger partial charge is 0.232 e. The minimum absolute atomic E-state index is 0.255. The fourth-order valence-corrected chi connectivity index (χ4v) is 2.07. The Bertz CT molecular complexity index is 784. The van der Waals surface area contributed by atoms with E-state index in [4.69, 9.17) is 9.47 Å². The number of rotatable bonds is 8. The van der Waals surface area contributed by atoms with Gasteiger partial charge in [0.15, 0.2) is 0 Å². The lowest BCUT2D eigenvalue weighted by Crippen LogP contribution is -2.22. The number of para-hydroxylation sites is 1. The van der Waals surface area contributed by atoms with Crippen LogP contribution in [-0.4, -0.2) is 42.5 Å². The molecule has 0 N–H and O–H groups in total. The van der Waals surface area contributed by atoms with Gasteiger partial charge in [0.2, 0.25) is 5.88 Å². The number of aliphatic imine (C=N–C) groups is 1. The van der Waals surface area contributed by atoms with Crippen LogP contribution >= 0.6 is 0 Å². The van der Waals surface area contributed by atoms with Gasteiger partial charge in [-0.05, 0) is 39.0 Å². The van der Waals surface area contributed by atoms with Gasteiger partial charge >= 0.3 is 0 Å². The summed E-state index contributed by atoms with van der Waals surface area (Å²) in [7, 11) is 1.93. The predicted molar refractivity (Wildman–Crippen MR) is 102 cm³/mol. The van der Waals surface area contributed by atoms with Crippen LogP contribution in [0, 0.1) is 18.3 Å². The van der Waals surface area contributed by atoms with Gasteiger partial charge in [0.05, 0.1) is 17.7 Å². The van der Waals surface area contributed by atoms with Crippen molar-refractivity contribution in [3.8, 4) is 17.7 Å². The summed E-state index contributed by atoms with van der Waals surface area (Å²) in [6.45, 7) is 6.97. The van der Waals surface area contributed by atoms with Crippen molar-refractivity contribution in [3.63, 3.8) is 0 Å². The van der Waals surface area contributed by atoms with Crippen molar-refractivity contribution in [1.29, 1.82) is 5.26 Å². The number of nitrogens with zero attached hydrogens (tertiary/aromatic N) is 4. The second-order valence-corrected chi connectivity index (χ2v) is 5.93. The molecule has 0 fully saturated rings. The molecule has 0 aliphatic heterocycles. The van der Waals surface area contributed by atoms with Crippen molar-refractivity contribution in [2.75, 3.05) is 20.2 Å². The summed E-state index contributed by atoms with van der Waals surface area (Å²) in [5, 5.41) is 9.41. The maximum atomic E-state index is 9.41. The first kappa shape index (κ1) is 19.3. The Kier molecular flexibility index (Phi) is 6.98. The Morgan fingerprint density at radius 2 is 2.08 bits per heavy atom. The number of aromatic nitrogens is 1. The van der Waals surface area contributed by atoms with Crippen LogP contribution in [0.25, 0.3) is 0 Å². The second-order valence-electron chi connectivity index (χ2n) is 5.93. The van der Waals surface area contributed by atoms with Gasteiger partial charge in [0, 0.05) is 13.6 Å². The summed E-state index contributed by atoms with van der Waals surface area (Å²) in [6.07, 6.45) is 1.47. The van der Waals surface area contributed by atoms with Crippen molar-refractivity contribution in [1.82, 2.24) is 9.88 Å². The van der Waals surface area contributed by atoms with Crippen molar-refractivity contribution in [3.05, 3.63) is 47.7 Å². The molecule has 1 heterocycles. The van der Waals surface area contributed by atoms with Gasteiger partial charge in [0.1, 0.15) is 30.1 Å². The van der Waals surface area contributed by atoms with Gasteiger partial charge in [-0.25, -0.2) is 9.98 Å². The topological polar surface area (TPSA) is 70.7 Å². The van der Waals surface area contributed by atoms with E-state index in [9.17, 15) is 5.26 Å². The Morgan fingerprint density at radius 1 is 1.35 bits per heavy atom. The van der Waals surface area contributed by atoms with Crippen LogP contribution in [0.15, 0.2) is 41.4 Å². The van der Waals surface area contributed by atoms with Crippen LogP contribution in [0.2, 0.25) is 0 Å². The molecule has 0 amide bonds. The van der Waals surface area contributed by atoms with Crippen LogP contribution in [-0.2, 0) is 0 Å². The summed E-state index contributed by atoms with van der Waals surface area (Å²) in [4.78, 5) is 10.7. The summed E-state index contributed by atoms with van der Waals surface area (Å²) < 4.78 is 11.5. The molecule has 0 spiro atoms. The van der Waals surface area contributed by atoms with Crippen LogP contribution in [0.5, 0.6) is 11.6 Å². The molecule has 1 aromatic carbocycles. The third kappa shape index (κ3) is 5.49. The third-order valence-corrected chi connectivity index (χ3v) is 3.71. The molecule has 26 heavy (non-hydrogen) atoms.